The van der Waals surface area contributed by atoms with E-state index in [9.17, 15) is 18.0 Å². The molecule has 0 aliphatic carbocycles. The standard InChI is InChI=1S/C13H14F3NO3/c1-19-12(18)10-3-2-9(8-11(10)13(14,15)16)17-4-6-20-7-5-17/h2-3,8H,4-7H2,1H3. The Bertz CT molecular complexity index is 496. The molecular formula is C13H14F3NO3. The van der Waals surface area contributed by atoms with E-state index in [-0.39, 0.29) is 0 Å². The smallest absolute Gasteiger partial charge is 0.417 e. The number of ether oxygens (including phenoxy) is 2. The summed E-state index contributed by atoms with van der Waals surface area (Å²) < 4.78 is 48.7. The van der Waals surface area contributed by atoms with Crippen LogP contribution in [0.25, 0.3) is 0 Å². The minimum atomic E-state index is -4.61. The van der Waals surface area contributed by atoms with Gasteiger partial charge >= 0.3 is 12.1 Å². The average Bonchev–Trinajstić information content (AvgIpc) is 2.46. The zero-order valence-electron chi connectivity index (χ0n) is 10.9. The highest BCUT2D eigenvalue weighted by Crippen LogP contribution is 2.35. The van der Waals surface area contributed by atoms with Gasteiger partial charge in [0.15, 0.2) is 0 Å². The molecule has 110 valence electrons. The van der Waals surface area contributed by atoms with E-state index in [0.29, 0.717) is 32.0 Å². The molecule has 1 aliphatic rings. The Morgan fingerprint density at radius 1 is 1.30 bits per heavy atom. The minimum Gasteiger partial charge on any atom is -0.465 e. The molecule has 7 heteroatoms. The normalized spacial score (nSPS) is 16.1. The van der Waals surface area contributed by atoms with Crippen molar-refractivity contribution in [3.63, 3.8) is 0 Å². The summed E-state index contributed by atoms with van der Waals surface area (Å²) in [5.41, 5.74) is -1.03. The Labute approximate surface area is 114 Å². The lowest BCUT2D eigenvalue weighted by Crippen LogP contribution is -2.36. The van der Waals surface area contributed by atoms with E-state index in [2.05, 4.69) is 4.74 Å². The summed E-state index contributed by atoms with van der Waals surface area (Å²) in [5.74, 6) is -0.995. The van der Waals surface area contributed by atoms with Crippen LogP contribution in [0.2, 0.25) is 0 Å². The number of hydrogen-bond acceptors (Lipinski definition) is 4. The molecule has 0 aromatic heterocycles. The van der Waals surface area contributed by atoms with Gasteiger partial charge in [-0.2, -0.15) is 13.2 Å². The molecule has 1 heterocycles. The van der Waals surface area contributed by atoms with E-state index < -0.39 is 23.3 Å². The first-order valence-electron chi connectivity index (χ1n) is 6.05. The molecule has 0 spiro atoms. The molecule has 0 N–H and O–H groups in total. The molecule has 0 radical (unpaired) electrons. The molecule has 4 nitrogen and oxygen atoms in total. The van der Waals surface area contributed by atoms with Crippen LogP contribution in [0.5, 0.6) is 0 Å². The number of rotatable bonds is 2. The Balaban J connectivity index is 2.40. The highest BCUT2D eigenvalue weighted by atomic mass is 19.4. The molecule has 0 amide bonds. The second-order valence-electron chi connectivity index (χ2n) is 4.32. The summed E-state index contributed by atoms with van der Waals surface area (Å²) in [6.45, 7) is 1.99. The minimum absolute atomic E-state index is 0.424. The molecule has 0 unspecified atom stereocenters. The van der Waals surface area contributed by atoms with Crippen LogP contribution in [0.3, 0.4) is 0 Å². The number of esters is 1. The molecule has 1 aromatic carbocycles. The lowest BCUT2D eigenvalue weighted by Gasteiger charge is -2.29. The Morgan fingerprint density at radius 3 is 2.50 bits per heavy atom. The first-order valence-corrected chi connectivity index (χ1v) is 6.05. The van der Waals surface area contributed by atoms with Crippen molar-refractivity contribution in [1.29, 1.82) is 0 Å². The van der Waals surface area contributed by atoms with Crippen LogP contribution in [0, 0.1) is 0 Å². The van der Waals surface area contributed by atoms with Gasteiger partial charge < -0.3 is 14.4 Å². The van der Waals surface area contributed by atoms with Crippen molar-refractivity contribution >= 4 is 11.7 Å². The van der Waals surface area contributed by atoms with Gasteiger partial charge in [-0.1, -0.05) is 0 Å². The number of carbonyl (C=O) groups excluding carboxylic acids is 1. The van der Waals surface area contributed by atoms with Crippen LogP contribution < -0.4 is 4.90 Å². The number of anilines is 1. The second kappa shape index (κ2) is 5.70. The summed E-state index contributed by atoms with van der Waals surface area (Å²) in [4.78, 5) is 13.2. The second-order valence-corrected chi connectivity index (χ2v) is 4.32. The van der Waals surface area contributed by atoms with Crippen LogP contribution in [-0.4, -0.2) is 39.4 Å². The number of morpholine rings is 1. The van der Waals surface area contributed by atoms with Crippen molar-refractivity contribution in [2.45, 2.75) is 6.18 Å². The van der Waals surface area contributed by atoms with Gasteiger partial charge in [-0.15, -0.1) is 0 Å². The SMILES string of the molecule is COC(=O)c1ccc(N2CCOCC2)cc1C(F)(F)F. The topological polar surface area (TPSA) is 38.8 Å². The third-order valence-corrected chi connectivity index (χ3v) is 3.09. The van der Waals surface area contributed by atoms with Crippen LogP contribution in [-0.2, 0) is 15.7 Å². The van der Waals surface area contributed by atoms with Crippen molar-refractivity contribution in [1.82, 2.24) is 0 Å². The summed E-state index contributed by atoms with van der Waals surface area (Å²) in [7, 11) is 1.05. The average molecular weight is 289 g/mol. The highest BCUT2D eigenvalue weighted by Gasteiger charge is 2.36. The summed E-state index contributed by atoms with van der Waals surface area (Å²) >= 11 is 0. The van der Waals surface area contributed by atoms with Gasteiger partial charge in [-0.25, -0.2) is 4.79 Å². The molecule has 1 fully saturated rings. The maximum absolute atomic E-state index is 13.0. The number of carbonyl (C=O) groups is 1. The molecule has 2 rings (SSSR count). The summed E-state index contributed by atoms with van der Waals surface area (Å²) in [6.07, 6.45) is -4.61. The zero-order valence-corrected chi connectivity index (χ0v) is 10.9. The molecular weight excluding hydrogens is 275 g/mol. The van der Waals surface area contributed by atoms with Crippen LogP contribution >= 0.6 is 0 Å². The predicted octanol–water partition coefficient (Wildman–Crippen LogP) is 2.33. The van der Waals surface area contributed by atoms with Gasteiger partial charge in [0, 0.05) is 18.8 Å². The number of methoxy groups -OCH3 is 1. The Morgan fingerprint density at radius 2 is 1.95 bits per heavy atom. The molecule has 1 saturated heterocycles. The maximum Gasteiger partial charge on any atom is 0.417 e. The maximum atomic E-state index is 13.0. The van der Waals surface area contributed by atoms with Gasteiger partial charge in [0.1, 0.15) is 0 Å². The number of hydrogen-bond donors (Lipinski definition) is 0. The van der Waals surface area contributed by atoms with Crippen molar-refractivity contribution < 1.29 is 27.4 Å². The fourth-order valence-electron chi connectivity index (χ4n) is 2.07. The third kappa shape index (κ3) is 3.04. The monoisotopic (exact) mass is 289 g/mol. The fraction of sp³-hybridized carbons (Fsp3) is 0.462. The first-order chi connectivity index (χ1) is 9.43. The number of halogens is 3. The molecule has 1 aromatic rings. The van der Waals surface area contributed by atoms with E-state index in [0.717, 1.165) is 19.2 Å². The summed E-state index contributed by atoms with van der Waals surface area (Å²) in [5, 5.41) is 0. The number of benzene rings is 1. The van der Waals surface area contributed by atoms with E-state index in [1.165, 1.54) is 6.07 Å². The van der Waals surface area contributed by atoms with Crippen molar-refractivity contribution in [3.8, 4) is 0 Å². The van der Waals surface area contributed by atoms with Crippen LogP contribution in [0.1, 0.15) is 15.9 Å². The van der Waals surface area contributed by atoms with Gasteiger partial charge in [0.25, 0.3) is 0 Å². The van der Waals surface area contributed by atoms with Gasteiger partial charge in [0.05, 0.1) is 31.5 Å². The zero-order chi connectivity index (χ0) is 14.8. The van der Waals surface area contributed by atoms with Gasteiger partial charge in [-0.05, 0) is 18.2 Å². The quantitative estimate of drug-likeness (QED) is 0.783. The first kappa shape index (κ1) is 14.6. The van der Waals surface area contributed by atoms with Crippen molar-refractivity contribution in [2.75, 3.05) is 38.3 Å². The van der Waals surface area contributed by atoms with Crippen molar-refractivity contribution in [3.05, 3.63) is 29.3 Å². The lowest BCUT2D eigenvalue weighted by molar-refractivity contribution is -0.138. The van der Waals surface area contributed by atoms with Crippen LogP contribution in [0.4, 0.5) is 18.9 Å². The van der Waals surface area contributed by atoms with E-state index in [4.69, 9.17) is 4.74 Å². The predicted molar refractivity (Wildman–Crippen MR) is 65.8 cm³/mol. The molecule has 20 heavy (non-hydrogen) atoms. The van der Waals surface area contributed by atoms with E-state index in [1.54, 1.807) is 4.90 Å². The van der Waals surface area contributed by atoms with E-state index in [1.807, 2.05) is 0 Å². The highest BCUT2D eigenvalue weighted by molar-refractivity contribution is 5.91. The van der Waals surface area contributed by atoms with Crippen LogP contribution in [0.15, 0.2) is 18.2 Å². The summed E-state index contributed by atoms with van der Waals surface area (Å²) in [6, 6.07) is 3.63. The molecule has 0 bridgehead atoms. The molecule has 0 atom stereocenters. The largest absolute Gasteiger partial charge is 0.465 e. The van der Waals surface area contributed by atoms with Gasteiger partial charge in [0.2, 0.25) is 0 Å². The Kier molecular flexibility index (Phi) is 4.17. The Hall–Kier alpha value is -1.76. The number of nitrogens with zero attached hydrogens (tertiary/aromatic N) is 1. The van der Waals surface area contributed by atoms with Crippen molar-refractivity contribution in [2.24, 2.45) is 0 Å². The number of alkyl halides is 3. The fourth-order valence-corrected chi connectivity index (χ4v) is 2.07. The lowest BCUT2D eigenvalue weighted by atomic mass is 10.1. The van der Waals surface area contributed by atoms with Gasteiger partial charge in [-0.3, -0.25) is 0 Å². The molecule has 1 aliphatic heterocycles. The van der Waals surface area contributed by atoms with E-state index >= 15 is 0 Å². The third-order valence-electron chi connectivity index (χ3n) is 3.09. The molecule has 0 saturated carbocycles.